The second-order valence-corrected chi connectivity index (χ2v) is 6.06. The van der Waals surface area contributed by atoms with Crippen molar-refractivity contribution in [2.75, 3.05) is 0 Å². The van der Waals surface area contributed by atoms with Gasteiger partial charge in [-0.3, -0.25) is 4.79 Å². The summed E-state index contributed by atoms with van der Waals surface area (Å²) in [6.45, 7) is 4.18. The molecule has 1 amide bonds. The van der Waals surface area contributed by atoms with Gasteiger partial charge in [-0.05, 0) is 56.0 Å². The van der Waals surface area contributed by atoms with Gasteiger partial charge in [0.1, 0.15) is 5.75 Å². The number of hydrogen-bond acceptors (Lipinski definition) is 2. The summed E-state index contributed by atoms with van der Waals surface area (Å²) in [4.78, 5) is 14.8. The first-order valence-corrected chi connectivity index (χ1v) is 7.62. The van der Waals surface area contributed by atoms with Gasteiger partial charge in [0, 0.05) is 12.1 Å². The molecule has 110 valence electrons. The summed E-state index contributed by atoms with van der Waals surface area (Å²) in [6, 6.07) is 11.7. The van der Waals surface area contributed by atoms with Gasteiger partial charge < -0.3 is 10.0 Å². The van der Waals surface area contributed by atoms with Crippen LogP contribution < -0.4 is 0 Å². The Morgan fingerprint density at radius 3 is 2.29 bits per heavy atom. The number of carbonyl (C=O) groups is 1. The lowest BCUT2D eigenvalue weighted by molar-refractivity contribution is 0.0508. The summed E-state index contributed by atoms with van der Waals surface area (Å²) in [6.07, 6.45) is 3.23. The second kappa shape index (κ2) is 5.40. The maximum Gasteiger partial charge on any atom is 0.258 e. The molecule has 0 spiro atoms. The number of amides is 1. The summed E-state index contributed by atoms with van der Waals surface area (Å²) in [5, 5.41) is 12.2. The highest BCUT2D eigenvalue weighted by molar-refractivity contribution is 6.01. The first kappa shape index (κ1) is 13.9. The molecular weight excluding hydrogens is 262 g/mol. The van der Waals surface area contributed by atoms with E-state index in [1.807, 2.05) is 29.2 Å². The monoisotopic (exact) mass is 283 g/mol. The predicted octanol–water partition coefficient (Wildman–Crippen LogP) is 3.95. The van der Waals surface area contributed by atoms with Gasteiger partial charge in [0.05, 0.1) is 5.56 Å². The third-order valence-corrected chi connectivity index (χ3v) is 4.52. The van der Waals surface area contributed by atoms with Crippen LogP contribution in [0.15, 0.2) is 36.4 Å². The van der Waals surface area contributed by atoms with Crippen molar-refractivity contribution in [3.63, 3.8) is 0 Å². The van der Waals surface area contributed by atoms with Crippen LogP contribution in [0.1, 0.15) is 43.5 Å². The van der Waals surface area contributed by atoms with Gasteiger partial charge in [-0.25, -0.2) is 0 Å². The minimum Gasteiger partial charge on any atom is -0.507 e. The van der Waals surface area contributed by atoms with E-state index >= 15 is 0 Å². The number of benzene rings is 2. The Morgan fingerprint density at radius 2 is 1.67 bits per heavy atom. The quantitative estimate of drug-likeness (QED) is 0.861. The highest BCUT2D eigenvalue weighted by Crippen LogP contribution is 2.30. The SMILES string of the molecule is CC1CCCC(C)N1C(=O)c1cc2ccccc2cc1O. The molecule has 2 aromatic rings. The summed E-state index contributed by atoms with van der Waals surface area (Å²) in [5.74, 6) is 0.0154. The van der Waals surface area contributed by atoms with Gasteiger partial charge in [0.25, 0.3) is 5.91 Å². The highest BCUT2D eigenvalue weighted by Gasteiger charge is 2.30. The Labute approximate surface area is 125 Å². The molecule has 0 bridgehead atoms. The largest absolute Gasteiger partial charge is 0.507 e. The van der Waals surface area contributed by atoms with Gasteiger partial charge in [0.2, 0.25) is 0 Å². The fraction of sp³-hybridized carbons (Fsp3) is 0.389. The minimum absolute atomic E-state index is 0.0575. The zero-order valence-electron chi connectivity index (χ0n) is 12.5. The number of likely N-dealkylation sites (tertiary alicyclic amines) is 1. The molecule has 1 aliphatic heterocycles. The summed E-state index contributed by atoms with van der Waals surface area (Å²) in [5.41, 5.74) is 0.411. The molecule has 3 rings (SSSR count). The Kier molecular flexibility index (Phi) is 3.58. The van der Waals surface area contributed by atoms with Crippen LogP contribution in [-0.2, 0) is 0 Å². The zero-order valence-corrected chi connectivity index (χ0v) is 12.5. The van der Waals surface area contributed by atoms with E-state index in [9.17, 15) is 9.90 Å². The highest BCUT2D eigenvalue weighted by atomic mass is 16.3. The molecule has 1 fully saturated rings. The lowest BCUT2D eigenvalue weighted by atomic mass is 9.95. The molecule has 1 saturated heterocycles. The number of nitrogens with zero attached hydrogens (tertiary/aromatic N) is 1. The fourth-order valence-corrected chi connectivity index (χ4v) is 3.36. The molecule has 2 aromatic carbocycles. The van der Waals surface area contributed by atoms with E-state index < -0.39 is 0 Å². The molecule has 2 atom stereocenters. The Morgan fingerprint density at radius 1 is 1.10 bits per heavy atom. The third kappa shape index (κ3) is 2.48. The molecule has 1 heterocycles. The summed E-state index contributed by atoms with van der Waals surface area (Å²) < 4.78 is 0. The van der Waals surface area contributed by atoms with Crippen LogP contribution in [0.4, 0.5) is 0 Å². The molecule has 0 aromatic heterocycles. The molecule has 1 aliphatic rings. The van der Waals surface area contributed by atoms with Crippen molar-refractivity contribution in [1.82, 2.24) is 4.90 Å². The summed E-state index contributed by atoms with van der Waals surface area (Å²) in [7, 11) is 0. The molecule has 0 saturated carbocycles. The number of aromatic hydroxyl groups is 1. The topological polar surface area (TPSA) is 40.5 Å². The number of rotatable bonds is 1. The van der Waals surface area contributed by atoms with Crippen molar-refractivity contribution in [3.05, 3.63) is 42.0 Å². The Balaban J connectivity index is 2.02. The first-order valence-electron chi connectivity index (χ1n) is 7.62. The minimum atomic E-state index is -0.0575. The standard InChI is InChI=1S/C18H21NO2/c1-12-6-5-7-13(2)19(12)18(21)16-10-14-8-3-4-9-15(14)11-17(16)20/h3-4,8-13,20H,5-7H2,1-2H3. The van der Waals surface area contributed by atoms with Crippen molar-refractivity contribution in [1.29, 1.82) is 0 Å². The van der Waals surface area contributed by atoms with Crippen molar-refractivity contribution in [2.45, 2.75) is 45.2 Å². The van der Waals surface area contributed by atoms with E-state index in [1.165, 1.54) is 0 Å². The van der Waals surface area contributed by atoms with E-state index in [2.05, 4.69) is 13.8 Å². The van der Waals surface area contributed by atoms with Crippen LogP contribution in [0.2, 0.25) is 0 Å². The van der Waals surface area contributed by atoms with Crippen molar-refractivity contribution in [2.24, 2.45) is 0 Å². The Hall–Kier alpha value is -2.03. The van der Waals surface area contributed by atoms with E-state index in [1.54, 1.807) is 12.1 Å². The molecule has 21 heavy (non-hydrogen) atoms. The van der Waals surface area contributed by atoms with Crippen molar-refractivity contribution >= 4 is 16.7 Å². The first-order chi connectivity index (χ1) is 10.1. The van der Waals surface area contributed by atoms with E-state index in [0.717, 1.165) is 30.0 Å². The normalized spacial score (nSPS) is 22.5. The van der Waals surface area contributed by atoms with Gasteiger partial charge >= 0.3 is 0 Å². The number of phenolic OH excluding ortho intramolecular Hbond substituents is 1. The third-order valence-electron chi connectivity index (χ3n) is 4.52. The van der Waals surface area contributed by atoms with Crippen LogP contribution >= 0.6 is 0 Å². The molecule has 0 aliphatic carbocycles. The van der Waals surface area contributed by atoms with Gasteiger partial charge in [-0.15, -0.1) is 0 Å². The molecule has 0 radical (unpaired) electrons. The summed E-state index contributed by atoms with van der Waals surface area (Å²) >= 11 is 0. The average molecular weight is 283 g/mol. The van der Waals surface area contributed by atoms with Crippen LogP contribution in [0, 0.1) is 0 Å². The maximum atomic E-state index is 12.9. The van der Waals surface area contributed by atoms with Crippen molar-refractivity contribution in [3.8, 4) is 5.75 Å². The Bertz CT molecular complexity index is 670. The molecular formula is C18H21NO2. The smallest absolute Gasteiger partial charge is 0.258 e. The lowest BCUT2D eigenvalue weighted by Gasteiger charge is -2.39. The molecule has 1 N–H and O–H groups in total. The lowest BCUT2D eigenvalue weighted by Crippen LogP contribution is -2.47. The van der Waals surface area contributed by atoms with E-state index in [4.69, 9.17) is 0 Å². The number of hydrogen-bond donors (Lipinski definition) is 1. The number of fused-ring (bicyclic) bond motifs is 1. The average Bonchev–Trinajstić information content (AvgIpc) is 2.46. The van der Waals surface area contributed by atoms with Crippen LogP contribution in [-0.4, -0.2) is 28.0 Å². The predicted molar refractivity (Wildman–Crippen MR) is 84.6 cm³/mol. The van der Waals surface area contributed by atoms with Crippen LogP contribution in [0.3, 0.4) is 0 Å². The number of carbonyl (C=O) groups excluding carboxylic acids is 1. The van der Waals surface area contributed by atoms with Crippen LogP contribution in [0.5, 0.6) is 5.75 Å². The number of piperidine rings is 1. The molecule has 3 heteroatoms. The zero-order chi connectivity index (χ0) is 15.0. The maximum absolute atomic E-state index is 12.9. The van der Waals surface area contributed by atoms with Gasteiger partial charge in [-0.2, -0.15) is 0 Å². The van der Waals surface area contributed by atoms with Gasteiger partial charge in [0.15, 0.2) is 0 Å². The van der Waals surface area contributed by atoms with Crippen LogP contribution in [0.25, 0.3) is 10.8 Å². The van der Waals surface area contributed by atoms with E-state index in [-0.39, 0.29) is 23.7 Å². The van der Waals surface area contributed by atoms with Gasteiger partial charge in [-0.1, -0.05) is 24.3 Å². The molecule has 3 nitrogen and oxygen atoms in total. The fourth-order valence-electron chi connectivity index (χ4n) is 3.36. The second-order valence-electron chi connectivity index (χ2n) is 6.06. The number of phenols is 1. The van der Waals surface area contributed by atoms with E-state index in [0.29, 0.717) is 5.56 Å². The van der Waals surface area contributed by atoms with Crippen molar-refractivity contribution < 1.29 is 9.90 Å². The molecule has 2 unspecified atom stereocenters.